The summed E-state index contributed by atoms with van der Waals surface area (Å²) < 4.78 is 66.9. The zero-order chi connectivity index (χ0) is 20.8. The minimum Gasteiger partial charge on any atom is -0.369 e. The van der Waals surface area contributed by atoms with Crippen LogP contribution in [0.2, 0.25) is 0 Å². The topological polar surface area (TPSA) is 46.9 Å². The average molecular weight is 411 g/mol. The molecule has 154 valence electrons. The van der Waals surface area contributed by atoms with E-state index in [0.717, 1.165) is 16.7 Å². The number of aromatic nitrogens is 2. The van der Waals surface area contributed by atoms with Gasteiger partial charge in [-0.3, -0.25) is 4.57 Å². The average Bonchev–Trinajstić information content (AvgIpc) is 3.27. The molecule has 1 aromatic heterocycles. The first-order valence-corrected chi connectivity index (χ1v) is 8.98. The molecule has 4 nitrogen and oxygen atoms in total. The van der Waals surface area contributed by atoms with Gasteiger partial charge in [0, 0.05) is 25.7 Å². The van der Waals surface area contributed by atoms with Crippen LogP contribution in [0.1, 0.15) is 19.8 Å². The van der Waals surface area contributed by atoms with Crippen molar-refractivity contribution in [3.8, 4) is 5.69 Å². The lowest BCUT2D eigenvalue weighted by Gasteiger charge is -2.16. The minimum absolute atomic E-state index is 0. The second-order valence-electron chi connectivity index (χ2n) is 7.02. The summed E-state index contributed by atoms with van der Waals surface area (Å²) in [5, 5.41) is 3.13. The first-order chi connectivity index (χ1) is 13.7. The Morgan fingerprint density at radius 1 is 1.17 bits per heavy atom. The van der Waals surface area contributed by atoms with Gasteiger partial charge in [0.2, 0.25) is 0 Å². The monoisotopic (exact) mass is 411 g/mol. The van der Waals surface area contributed by atoms with Gasteiger partial charge >= 0.3 is 11.9 Å². The molecule has 29 heavy (non-hydrogen) atoms. The van der Waals surface area contributed by atoms with Crippen molar-refractivity contribution in [2.24, 2.45) is 5.92 Å². The van der Waals surface area contributed by atoms with Crippen LogP contribution in [0.5, 0.6) is 0 Å². The smallest absolute Gasteiger partial charge is 0.369 e. The predicted octanol–water partition coefficient (Wildman–Crippen LogP) is 5.11. The number of para-hydroxylation sites is 1. The Kier molecular flexibility index (Phi) is 4.55. The number of fused-ring (bicyclic) bond motifs is 1. The van der Waals surface area contributed by atoms with Crippen molar-refractivity contribution in [3.63, 3.8) is 0 Å². The minimum atomic E-state index is -4.58. The number of alkyl halides is 5. The highest BCUT2D eigenvalue weighted by atomic mass is 19.4. The van der Waals surface area contributed by atoms with E-state index in [1.54, 1.807) is 30.3 Å². The maximum Gasteiger partial charge on any atom is 0.416 e. The molecule has 0 amide bonds. The summed E-state index contributed by atoms with van der Waals surface area (Å²) in [6, 6.07) is 11.2. The van der Waals surface area contributed by atoms with Crippen LogP contribution >= 0.6 is 0 Å². The molecular weight excluding hydrogens is 393 g/mol. The van der Waals surface area contributed by atoms with Crippen molar-refractivity contribution in [1.82, 2.24) is 9.55 Å². The summed E-state index contributed by atoms with van der Waals surface area (Å²) in [5.74, 6) is -3.30. The number of anilines is 1. The number of halogens is 5. The number of benzene rings is 2. The number of nitrogens with zero attached hydrogens (tertiary/aromatic N) is 2. The van der Waals surface area contributed by atoms with Gasteiger partial charge in [-0.2, -0.15) is 18.2 Å². The van der Waals surface area contributed by atoms with E-state index in [1.807, 2.05) is 0 Å². The summed E-state index contributed by atoms with van der Waals surface area (Å²) in [6.07, 6.45) is -4.58. The van der Waals surface area contributed by atoms with E-state index in [-0.39, 0.29) is 32.1 Å². The third-order valence-corrected chi connectivity index (χ3v) is 4.98. The highest BCUT2D eigenvalue weighted by molar-refractivity contribution is 5.90. The molecule has 1 fully saturated rings. The molecule has 1 heterocycles. The summed E-state index contributed by atoms with van der Waals surface area (Å²) in [7, 11) is 0. The van der Waals surface area contributed by atoms with E-state index in [1.165, 1.54) is 6.07 Å². The molecule has 0 saturated heterocycles. The van der Waals surface area contributed by atoms with Gasteiger partial charge in [0.05, 0.1) is 16.8 Å². The molecule has 1 N–H and O–H groups in total. The Morgan fingerprint density at radius 3 is 2.48 bits per heavy atom. The van der Waals surface area contributed by atoms with Crippen LogP contribution in [0.4, 0.5) is 27.8 Å². The summed E-state index contributed by atoms with van der Waals surface area (Å²) in [6.45, 7) is 0.137. The van der Waals surface area contributed by atoms with Crippen molar-refractivity contribution >= 4 is 16.7 Å². The van der Waals surface area contributed by atoms with Gasteiger partial charge in [0.1, 0.15) is 5.82 Å². The zero-order valence-corrected chi connectivity index (χ0v) is 15.0. The fraction of sp³-hybridized carbons (Fsp3) is 0.300. The lowest BCUT2D eigenvalue weighted by Crippen LogP contribution is -2.24. The largest absolute Gasteiger partial charge is 0.416 e. The number of hydrogen-bond acceptors (Lipinski definition) is 3. The Labute approximate surface area is 163 Å². The molecule has 0 bridgehead atoms. The van der Waals surface area contributed by atoms with E-state index in [9.17, 15) is 26.7 Å². The second kappa shape index (κ2) is 6.82. The molecule has 9 heteroatoms. The lowest BCUT2D eigenvalue weighted by molar-refractivity contribution is -0.137. The molecular formula is C20H18F5N3O. The maximum atomic E-state index is 13.2. The quantitative estimate of drug-likeness (QED) is 0.594. The molecule has 1 aliphatic rings. The normalized spacial score (nSPS) is 18.0. The molecule has 3 aromatic rings. The standard InChI is InChI=1S/C20H16F5N3O.H2/c21-19(22)11-13(19)8-9-26-17-15-7-6-12(20(23,24)25)10-16(15)28(18(29)27-17)14-4-2-1-3-5-14;/h1-7,10,13H,8-9,11H2,(H,26,27,29);1H. The van der Waals surface area contributed by atoms with Gasteiger partial charge in [-0.25, -0.2) is 13.6 Å². The van der Waals surface area contributed by atoms with Gasteiger partial charge in [0.25, 0.3) is 5.92 Å². The zero-order valence-electron chi connectivity index (χ0n) is 15.0. The van der Waals surface area contributed by atoms with Crippen molar-refractivity contribution in [2.45, 2.75) is 24.9 Å². The molecule has 1 saturated carbocycles. The Hall–Kier alpha value is -2.97. The Bertz CT molecular complexity index is 1120. The van der Waals surface area contributed by atoms with Crippen molar-refractivity contribution < 1.29 is 23.4 Å². The van der Waals surface area contributed by atoms with Gasteiger partial charge < -0.3 is 5.32 Å². The lowest BCUT2D eigenvalue weighted by atomic mass is 10.1. The van der Waals surface area contributed by atoms with Crippen molar-refractivity contribution in [2.75, 3.05) is 11.9 Å². The van der Waals surface area contributed by atoms with Crippen LogP contribution in [0.25, 0.3) is 16.6 Å². The molecule has 0 aliphatic heterocycles. The van der Waals surface area contributed by atoms with E-state index >= 15 is 0 Å². The van der Waals surface area contributed by atoms with E-state index in [4.69, 9.17) is 0 Å². The van der Waals surface area contributed by atoms with Gasteiger partial charge in [-0.15, -0.1) is 0 Å². The van der Waals surface area contributed by atoms with Gasteiger partial charge in [0.15, 0.2) is 0 Å². The number of rotatable bonds is 5. The van der Waals surface area contributed by atoms with Crippen LogP contribution in [-0.4, -0.2) is 22.0 Å². The molecule has 0 spiro atoms. The fourth-order valence-electron chi connectivity index (χ4n) is 3.31. The van der Waals surface area contributed by atoms with Gasteiger partial charge in [-0.1, -0.05) is 18.2 Å². The van der Waals surface area contributed by atoms with E-state index in [0.29, 0.717) is 11.1 Å². The van der Waals surface area contributed by atoms with E-state index < -0.39 is 29.3 Å². The first kappa shape index (κ1) is 19.4. The molecule has 0 radical (unpaired) electrons. The first-order valence-electron chi connectivity index (χ1n) is 8.98. The van der Waals surface area contributed by atoms with Crippen LogP contribution in [0, 0.1) is 5.92 Å². The Balaban J connectivity index is 0.00000256. The van der Waals surface area contributed by atoms with E-state index in [2.05, 4.69) is 10.3 Å². The third kappa shape index (κ3) is 3.81. The maximum absolute atomic E-state index is 13.2. The molecule has 4 rings (SSSR count). The number of hydrogen-bond donors (Lipinski definition) is 1. The highest BCUT2D eigenvalue weighted by Gasteiger charge is 2.55. The van der Waals surface area contributed by atoms with Crippen LogP contribution in [0.3, 0.4) is 0 Å². The molecule has 1 unspecified atom stereocenters. The van der Waals surface area contributed by atoms with Gasteiger partial charge in [-0.05, 0) is 36.8 Å². The van der Waals surface area contributed by atoms with Crippen LogP contribution < -0.4 is 11.0 Å². The third-order valence-electron chi connectivity index (χ3n) is 4.98. The van der Waals surface area contributed by atoms with Crippen molar-refractivity contribution in [1.29, 1.82) is 0 Å². The summed E-state index contributed by atoms with van der Waals surface area (Å²) in [4.78, 5) is 16.6. The molecule has 2 aromatic carbocycles. The second-order valence-corrected chi connectivity index (χ2v) is 7.02. The highest BCUT2D eigenvalue weighted by Crippen LogP contribution is 2.50. The van der Waals surface area contributed by atoms with Crippen molar-refractivity contribution in [3.05, 3.63) is 64.6 Å². The van der Waals surface area contributed by atoms with Crippen LogP contribution in [-0.2, 0) is 6.18 Å². The summed E-state index contributed by atoms with van der Waals surface area (Å²) in [5.41, 5.74) is -1.25. The van der Waals surface area contributed by atoms with Crippen LogP contribution in [0.15, 0.2) is 53.3 Å². The predicted molar refractivity (Wildman–Crippen MR) is 101 cm³/mol. The molecule has 1 atom stereocenters. The Morgan fingerprint density at radius 2 is 1.86 bits per heavy atom. The summed E-state index contributed by atoms with van der Waals surface area (Å²) >= 11 is 0. The fourth-order valence-corrected chi connectivity index (χ4v) is 3.31. The SMILES string of the molecule is O=c1nc(NCCC2CC2(F)F)c2ccc(C(F)(F)F)cc2n1-c1ccccc1.[HH]. The number of nitrogens with one attached hydrogen (secondary N) is 1. The molecule has 1 aliphatic carbocycles.